The maximum absolute atomic E-state index is 10.1. The van der Waals surface area contributed by atoms with Crippen LogP contribution in [0.25, 0.3) is 0 Å². The molecular formula is C7H14N4O3. The molecule has 0 spiro atoms. The topological polar surface area (TPSA) is 88.8 Å². The van der Waals surface area contributed by atoms with E-state index in [1.54, 1.807) is 7.05 Å². The summed E-state index contributed by atoms with van der Waals surface area (Å²) in [7, 11) is 1.58. The SMILES string of the molecule is CNC(=N[N+](=O)[O-])NC1CCOC1C. The second-order valence-corrected chi connectivity index (χ2v) is 3.05. The first-order valence-corrected chi connectivity index (χ1v) is 4.42. The first kappa shape index (κ1) is 10.7. The van der Waals surface area contributed by atoms with Crippen LogP contribution in [0.2, 0.25) is 0 Å². The average Bonchev–Trinajstić information content (AvgIpc) is 2.50. The molecule has 2 unspecified atom stereocenters. The Hall–Kier alpha value is -1.37. The molecule has 1 heterocycles. The normalized spacial score (nSPS) is 27.4. The molecule has 1 fully saturated rings. The van der Waals surface area contributed by atoms with Crippen molar-refractivity contribution >= 4 is 5.96 Å². The van der Waals surface area contributed by atoms with Crippen LogP contribution >= 0.6 is 0 Å². The lowest BCUT2D eigenvalue weighted by molar-refractivity contribution is -0.485. The van der Waals surface area contributed by atoms with Crippen LogP contribution in [0.5, 0.6) is 0 Å². The largest absolute Gasteiger partial charge is 0.376 e. The third kappa shape index (κ3) is 2.84. The van der Waals surface area contributed by atoms with E-state index in [9.17, 15) is 10.1 Å². The number of hydrogen-bond acceptors (Lipinski definition) is 3. The number of guanidine groups is 1. The van der Waals surface area contributed by atoms with Crippen molar-refractivity contribution in [2.75, 3.05) is 13.7 Å². The third-order valence-electron chi connectivity index (χ3n) is 2.12. The predicted molar refractivity (Wildman–Crippen MR) is 50.4 cm³/mol. The van der Waals surface area contributed by atoms with Crippen LogP contribution in [0.4, 0.5) is 0 Å². The fraction of sp³-hybridized carbons (Fsp3) is 0.857. The van der Waals surface area contributed by atoms with Crippen molar-refractivity contribution in [3.63, 3.8) is 0 Å². The monoisotopic (exact) mass is 202 g/mol. The number of hydrogen-bond donors (Lipinski definition) is 2. The summed E-state index contributed by atoms with van der Waals surface area (Å²) >= 11 is 0. The fourth-order valence-electron chi connectivity index (χ4n) is 1.33. The maximum atomic E-state index is 10.1. The van der Waals surface area contributed by atoms with Crippen LogP contribution in [0.1, 0.15) is 13.3 Å². The molecular weight excluding hydrogens is 188 g/mol. The highest BCUT2D eigenvalue weighted by molar-refractivity contribution is 5.79. The lowest BCUT2D eigenvalue weighted by atomic mass is 10.2. The van der Waals surface area contributed by atoms with Gasteiger partial charge in [0.25, 0.3) is 5.96 Å². The Balaban J connectivity index is 2.51. The van der Waals surface area contributed by atoms with Gasteiger partial charge < -0.3 is 15.4 Å². The minimum atomic E-state index is -0.737. The van der Waals surface area contributed by atoms with Crippen molar-refractivity contribution < 1.29 is 9.77 Å². The van der Waals surface area contributed by atoms with Crippen molar-refractivity contribution in [2.24, 2.45) is 5.10 Å². The van der Waals surface area contributed by atoms with Gasteiger partial charge in [0.15, 0.2) is 5.03 Å². The van der Waals surface area contributed by atoms with Crippen molar-refractivity contribution in [1.29, 1.82) is 0 Å². The van der Waals surface area contributed by atoms with E-state index in [-0.39, 0.29) is 18.1 Å². The zero-order chi connectivity index (χ0) is 10.6. The van der Waals surface area contributed by atoms with Crippen LogP contribution in [-0.4, -0.2) is 36.8 Å². The number of rotatable bonds is 2. The summed E-state index contributed by atoms with van der Waals surface area (Å²) in [5, 5.41) is 18.1. The summed E-state index contributed by atoms with van der Waals surface area (Å²) < 4.78 is 5.30. The lowest BCUT2D eigenvalue weighted by Crippen LogP contribution is -2.45. The number of ether oxygens (including phenoxy) is 1. The number of nitro groups is 1. The summed E-state index contributed by atoms with van der Waals surface area (Å²) in [5.74, 6) is 0.164. The first-order chi connectivity index (χ1) is 6.63. The molecule has 0 saturated carbocycles. The Morgan fingerprint density at radius 3 is 2.86 bits per heavy atom. The number of nitrogens with one attached hydrogen (secondary N) is 2. The summed E-state index contributed by atoms with van der Waals surface area (Å²) in [6.45, 7) is 2.60. The van der Waals surface area contributed by atoms with Crippen molar-refractivity contribution in [3.05, 3.63) is 10.1 Å². The molecule has 2 atom stereocenters. The van der Waals surface area contributed by atoms with Gasteiger partial charge >= 0.3 is 0 Å². The van der Waals surface area contributed by atoms with Crippen LogP contribution in [0.15, 0.2) is 5.10 Å². The molecule has 0 aromatic carbocycles. The molecule has 80 valence electrons. The molecule has 0 aromatic heterocycles. The highest BCUT2D eigenvalue weighted by Crippen LogP contribution is 2.11. The lowest BCUT2D eigenvalue weighted by Gasteiger charge is -2.16. The minimum absolute atomic E-state index is 0.0558. The molecule has 0 bridgehead atoms. The molecule has 14 heavy (non-hydrogen) atoms. The number of nitrogens with zero attached hydrogens (tertiary/aromatic N) is 2. The second-order valence-electron chi connectivity index (χ2n) is 3.05. The maximum Gasteiger partial charge on any atom is 0.268 e. The standard InChI is InChI=1S/C7H14N4O3/c1-5-6(3-4-14-5)9-7(8-2)10-11(12)13/h5-6H,3-4H2,1-2H3,(H2,8,9,10). The summed E-state index contributed by atoms with van der Waals surface area (Å²) in [6.07, 6.45) is 0.889. The Morgan fingerprint density at radius 1 is 1.71 bits per heavy atom. The van der Waals surface area contributed by atoms with Crippen LogP contribution in [0.3, 0.4) is 0 Å². The zero-order valence-electron chi connectivity index (χ0n) is 8.19. The zero-order valence-corrected chi connectivity index (χ0v) is 8.19. The highest BCUT2D eigenvalue weighted by Gasteiger charge is 2.25. The van der Waals surface area contributed by atoms with Crippen LogP contribution < -0.4 is 10.6 Å². The van der Waals surface area contributed by atoms with E-state index in [0.717, 1.165) is 6.42 Å². The molecule has 0 amide bonds. The van der Waals surface area contributed by atoms with Gasteiger partial charge in [0.05, 0.1) is 12.1 Å². The van der Waals surface area contributed by atoms with Crippen LogP contribution in [-0.2, 0) is 4.74 Å². The Bertz CT molecular complexity index is 243. The molecule has 7 nitrogen and oxygen atoms in total. The van der Waals surface area contributed by atoms with E-state index in [0.29, 0.717) is 6.61 Å². The van der Waals surface area contributed by atoms with Crippen molar-refractivity contribution in [3.8, 4) is 0 Å². The van der Waals surface area contributed by atoms with E-state index >= 15 is 0 Å². The molecule has 7 heteroatoms. The van der Waals surface area contributed by atoms with Crippen molar-refractivity contribution in [2.45, 2.75) is 25.5 Å². The predicted octanol–water partition coefficient (Wildman–Crippen LogP) is -0.479. The van der Waals surface area contributed by atoms with Gasteiger partial charge in [0.1, 0.15) is 5.10 Å². The third-order valence-corrected chi connectivity index (χ3v) is 2.12. The highest BCUT2D eigenvalue weighted by atomic mass is 16.7. The van der Waals surface area contributed by atoms with Gasteiger partial charge in [0, 0.05) is 13.7 Å². The smallest absolute Gasteiger partial charge is 0.268 e. The second kappa shape index (κ2) is 4.75. The Labute approximate surface area is 81.7 Å². The van der Waals surface area contributed by atoms with Gasteiger partial charge in [-0.25, -0.2) is 10.1 Å². The Kier molecular flexibility index (Phi) is 3.63. The van der Waals surface area contributed by atoms with Gasteiger partial charge in [0.2, 0.25) is 0 Å². The molecule has 1 aliphatic heterocycles. The molecule has 1 saturated heterocycles. The summed E-state index contributed by atoms with van der Waals surface area (Å²) in [4.78, 5) is 10.1. The van der Waals surface area contributed by atoms with E-state index < -0.39 is 5.03 Å². The van der Waals surface area contributed by atoms with E-state index in [2.05, 4.69) is 15.7 Å². The number of hydrazone groups is 1. The summed E-state index contributed by atoms with van der Waals surface area (Å²) in [5.41, 5.74) is 0. The van der Waals surface area contributed by atoms with Gasteiger partial charge in [-0.3, -0.25) is 0 Å². The van der Waals surface area contributed by atoms with Crippen LogP contribution in [0, 0.1) is 10.1 Å². The molecule has 2 N–H and O–H groups in total. The first-order valence-electron chi connectivity index (χ1n) is 4.42. The van der Waals surface area contributed by atoms with Gasteiger partial charge in [-0.1, -0.05) is 0 Å². The fourth-order valence-corrected chi connectivity index (χ4v) is 1.33. The minimum Gasteiger partial charge on any atom is -0.376 e. The van der Waals surface area contributed by atoms with Crippen molar-refractivity contribution in [1.82, 2.24) is 10.6 Å². The molecule has 0 aromatic rings. The quantitative estimate of drug-likeness (QED) is 0.273. The van der Waals surface area contributed by atoms with Gasteiger partial charge in [-0.2, -0.15) is 0 Å². The van der Waals surface area contributed by atoms with E-state index in [1.807, 2.05) is 6.92 Å². The molecule has 0 radical (unpaired) electrons. The van der Waals surface area contributed by atoms with E-state index in [1.165, 1.54) is 0 Å². The molecule has 1 aliphatic rings. The average molecular weight is 202 g/mol. The van der Waals surface area contributed by atoms with E-state index in [4.69, 9.17) is 4.74 Å². The molecule has 1 rings (SSSR count). The Morgan fingerprint density at radius 2 is 2.43 bits per heavy atom. The van der Waals surface area contributed by atoms with Gasteiger partial charge in [-0.05, 0) is 13.3 Å². The summed E-state index contributed by atoms with van der Waals surface area (Å²) in [6, 6.07) is 0.0844. The van der Waals surface area contributed by atoms with Gasteiger partial charge in [-0.15, -0.1) is 0 Å². The molecule has 0 aliphatic carbocycles.